The summed E-state index contributed by atoms with van der Waals surface area (Å²) in [4.78, 5) is 14.3. The Balaban J connectivity index is 2.12. The maximum Gasteiger partial charge on any atom is 0.178 e. The van der Waals surface area contributed by atoms with Crippen molar-refractivity contribution in [2.75, 3.05) is 12.0 Å². The van der Waals surface area contributed by atoms with Crippen molar-refractivity contribution in [2.45, 2.75) is 19.9 Å². The van der Waals surface area contributed by atoms with Gasteiger partial charge in [-0.1, -0.05) is 24.3 Å². The van der Waals surface area contributed by atoms with E-state index in [4.69, 9.17) is 17.0 Å². The van der Waals surface area contributed by atoms with Crippen molar-refractivity contribution in [3.63, 3.8) is 0 Å². The van der Waals surface area contributed by atoms with Crippen molar-refractivity contribution in [3.05, 3.63) is 65.4 Å². The smallest absolute Gasteiger partial charge is 0.178 e. The number of nitrogens with zero attached hydrogens (tertiary/aromatic N) is 1. The summed E-state index contributed by atoms with van der Waals surface area (Å²) < 4.78 is 5.19. The molecule has 0 radical (unpaired) electrons. The molecule has 0 amide bonds. The van der Waals surface area contributed by atoms with E-state index in [0.29, 0.717) is 16.4 Å². The summed E-state index contributed by atoms with van der Waals surface area (Å²) >= 11 is 5.58. The molecular weight excluding hydrogens is 348 g/mol. The van der Waals surface area contributed by atoms with E-state index in [1.165, 1.54) is 7.11 Å². The summed E-state index contributed by atoms with van der Waals surface area (Å²) in [5.74, 6) is 0.349. The van der Waals surface area contributed by atoms with Gasteiger partial charge in [-0.25, -0.2) is 0 Å². The predicted molar refractivity (Wildman–Crippen MR) is 105 cm³/mol. The van der Waals surface area contributed by atoms with Gasteiger partial charge in [0.25, 0.3) is 0 Å². The Morgan fingerprint density at radius 1 is 1.23 bits per heavy atom. The fraction of sp³-hybridized carbons (Fsp3) is 0.200. The van der Waals surface area contributed by atoms with Crippen molar-refractivity contribution >= 4 is 28.8 Å². The van der Waals surface area contributed by atoms with E-state index in [1.54, 1.807) is 25.1 Å². The number of phenols is 1. The van der Waals surface area contributed by atoms with Gasteiger partial charge in [0.1, 0.15) is 0 Å². The number of thiocarbonyl (C=S) groups is 1. The number of hydrogen-bond donors (Lipinski definition) is 2. The molecule has 2 aromatic carbocycles. The van der Waals surface area contributed by atoms with Crippen molar-refractivity contribution < 1.29 is 14.6 Å². The number of phenolic OH excluding ortho intramolecular Hbond substituents is 1. The Hall–Kier alpha value is -2.86. The van der Waals surface area contributed by atoms with Gasteiger partial charge in [0.05, 0.1) is 13.2 Å². The summed E-state index contributed by atoms with van der Waals surface area (Å²) in [6.45, 7) is 3.43. The first kappa shape index (κ1) is 17.9. The van der Waals surface area contributed by atoms with Crippen LogP contribution in [0.15, 0.2) is 59.8 Å². The zero-order valence-electron chi connectivity index (χ0n) is 14.8. The average Bonchev–Trinajstić information content (AvgIpc) is 2.62. The number of allylic oxidation sites excluding steroid dienone is 1. The molecule has 0 bridgehead atoms. The summed E-state index contributed by atoms with van der Waals surface area (Å²) in [6.07, 6.45) is 0. The molecule has 0 aliphatic carbocycles. The van der Waals surface area contributed by atoms with E-state index in [1.807, 2.05) is 42.2 Å². The number of aromatic hydroxyl groups is 1. The molecule has 1 aliphatic heterocycles. The van der Waals surface area contributed by atoms with Crippen LogP contribution in [-0.4, -0.2) is 23.1 Å². The van der Waals surface area contributed by atoms with E-state index < -0.39 is 6.04 Å². The molecule has 2 aromatic rings. The first-order valence-electron chi connectivity index (χ1n) is 8.18. The number of anilines is 1. The number of para-hydroxylation sites is 1. The maximum absolute atomic E-state index is 12.4. The van der Waals surface area contributed by atoms with Crippen molar-refractivity contribution in [1.29, 1.82) is 0 Å². The van der Waals surface area contributed by atoms with Gasteiger partial charge in [0, 0.05) is 17.0 Å². The van der Waals surface area contributed by atoms with Crippen LogP contribution in [0.5, 0.6) is 11.5 Å². The second-order valence-corrected chi connectivity index (χ2v) is 6.43. The number of methoxy groups -OCH3 is 1. The molecule has 1 aliphatic rings. The van der Waals surface area contributed by atoms with Gasteiger partial charge in [-0.3, -0.25) is 9.69 Å². The number of nitrogens with one attached hydrogen (secondary N) is 1. The van der Waals surface area contributed by atoms with Crippen LogP contribution < -0.4 is 15.0 Å². The van der Waals surface area contributed by atoms with E-state index in [2.05, 4.69) is 5.32 Å². The lowest BCUT2D eigenvalue weighted by atomic mass is 9.92. The zero-order valence-corrected chi connectivity index (χ0v) is 15.6. The molecule has 0 spiro atoms. The zero-order chi connectivity index (χ0) is 18.8. The SMILES string of the molecule is COc1cc([C@@H]2NC(=S)N(c3ccccc3)C(C)=C2C(C)=O)ccc1O. The maximum atomic E-state index is 12.4. The number of ketones is 1. The number of Topliss-reactive ketones (excluding diaryl/α,β-unsaturated/α-hetero) is 1. The molecule has 6 heteroatoms. The highest BCUT2D eigenvalue weighted by Crippen LogP contribution is 2.36. The number of hydrogen-bond acceptors (Lipinski definition) is 4. The Bertz CT molecular complexity index is 893. The van der Waals surface area contributed by atoms with Gasteiger partial charge in [0.15, 0.2) is 22.4 Å². The van der Waals surface area contributed by atoms with Crippen LogP contribution in [0.25, 0.3) is 0 Å². The summed E-state index contributed by atoms with van der Waals surface area (Å²) in [5, 5.41) is 13.6. The summed E-state index contributed by atoms with van der Waals surface area (Å²) in [5.41, 5.74) is 3.09. The Labute approximate surface area is 157 Å². The third kappa shape index (κ3) is 3.15. The minimum absolute atomic E-state index is 0.0459. The normalized spacial score (nSPS) is 17.1. The molecule has 3 rings (SSSR count). The molecule has 0 aromatic heterocycles. The standard InChI is InChI=1S/C20H20N2O3S/c1-12-18(13(2)23)19(14-9-10-16(24)17(11-14)25-3)21-20(26)22(12)15-7-5-4-6-8-15/h4-11,19,24H,1-3H3,(H,21,26)/t19-/m0/s1. The first-order valence-corrected chi connectivity index (χ1v) is 8.59. The van der Waals surface area contributed by atoms with Crippen LogP contribution in [0.2, 0.25) is 0 Å². The van der Waals surface area contributed by atoms with Crippen LogP contribution >= 0.6 is 12.2 Å². The second kappa shape index (κ2) is 7.17. The highest BCUT2D eigenvalue weighted by molar-refractivity contribution is 7.80. The van der Waals surface area contributed by atoms with Gasteiger partial charge in [-0.05, 0) is 55.9 Å². The molecular formula is C20H20N2O3S. The van der Waals surface area contributed by atoms with Crippen LogP contribution in [0.4, 0.5) is 5.69 Å². The van der Waals surface area contributed by atoms with Gasteiger partial charge in [0.2, 0.25) is 0 Å². The third-order valence-electron chi connectivity index (χ3n) is 4.42. The molecule has 0 saturated carbocycles. The van der Waals surface area contributed by atoms with Crippen molar-refractivity contribution in [1.82, 2.24) is 5.32 Å². The highest BCUT2D eigenvalue weighted by Gasteiger charge is 2.33. The lowest BCUT2D eigenvalue weighted by Gasteiger charge is -2.37. The molecule has 1 atom stereocenters. The topological polar surface area (TPSA) is 61.8 Å². The van der Waals surface area contributed by atoms with Gasteiger partial charge in [-0.2, -0.15) is 0 Å². The fourth-order valence-corrected chi connectivity index (χ4v) is 3.57. The Morgan fingerprint density at radius 2 is 1.92 bits per heavy atom. The number of benzene rings is 2. The Morgan fingerprint density at radius 3 is 2.54 bits per heavy atom. The molecule has 134 valence electrons. The predicted octanol–water partition coefficient (Wildman–Crippen LogP) is 3.70. The van der Waals surface area contributed by atoms with Gasteiger partial charge < -0.3 is 15.2 Å². The first-order chi connectivity index (χ1) is 12.4. The van der Waals surface area contributed by atoms with Crippen LogP contribution in [0.1, 0.15) is 25.5 Å². The number of rotatable bonds is 4. The second-order valence-electron chi connectivity index (χ2n) is 6.04. The van der Waals surface area contributed by atoms with Crippen LogP contribution in [0, 0.1) is 0 Å². The molecule has 0 fully saturated rings. The number of carbonyl (C=O) groups excluding carboxylic acids is 1. The van der Waals surface area contributed by atoms with Crippen LogP contribution in [-0.2, 0) is 4.79 Å². The monoisotopic (exact) mass is 368 g/mol. The molecule has 0 unspecified atom stereocenters. The van der Waals surface area contributed by atoms with Gasteiger partial charge in [-0.15, -0.1) is 0 Å². The van der Waals surface area contributed by atoms with E-state index in [0.717, 1.165) is 16.9 Å². The third-order valence-corrected chi connectivity index (χ3v) is 4.72. The molecule has 2 N–H and O–H groups in total. The van der Waals surface area contributed by atoms with Crippen molar-refractivity contribution in [2.24, 2.45) is 0 Å². The minimum atomic E-state index is -0.408. The van der Waals surface area contributed by atoms with E-state index in [-0.39, 0.29) is 11.5 Å². The lowest BCUT2D eigenvalue weighted by Crippen LogP contribution is -2.47. The number of ether oxygens (including phenoxy) is 1. The van der Waals surface area contributed by atoms with Crippen molar-refractivity contribution in [3.8, 4) is 11.5 Å². The average molecular weight is 368 g/mol. The summed E-state index contributed by atoms with van der Waals surface area (Å²) in [6, 6.07) is 14.3. The highest BCUT2D eigenvalue weighted by atomic mass is 32.1. The Kier molecular flexibility index (Phi) is 4.95. The minimum Gasteiger partial charge on any atom is -0.504 e. The van der Waals surface area contributed by atoms with Gasteiger partial charge >= 0.3 is 0 Å². The molecule has 1 heterocycles. The largest absolute Gasteiger partial charge is 0.504 e. The molecule has 0 saturated heterocycles. The fourth-order valence-electron chi connectivity index (χ4n) is 3.21. The lowest BCUT2D eigenvalue weighted by molar-refractivity contribution is -0.114. The molecule has 26 heavy (non-hydrogen) atoms. The quantitative estimate of drug-likeness (QED) is 0.803. The van der Waals surface area contributed by atoms with E-state index in [9.17, 15) is 9.90 Å². The number of carbonyl (C=O) groups is 1. The van der Waals surface area contributed by atoms with E-state index >= 15 is 0 Å². The molecule has 5 nitrogen and oxygen atoms in total. The van der Waals surface area contributed by atoms with Crippen LogP contribution in [0.3, 0.4) is 0 Å². The summed E-state index contributed by atoms with van der Waals surface area (Å²) in [7, 11) is 1.49.